The van der Waals surface area contributed by atoms with Crippen LogP contribution in [0.15, 0.2) is 35.2 Å². The number of benzene rings is 1. The van der Waals surface area contributed by atoms with Crippen molar-refractivity contribution in [3.63, 3.8) is 0 Å². The molecule has 2 aromatic rings. The normalized spacial score (nSPS) is 35.6. The molecular formula is C29H43N3S. The number of H-pyrrole nitrogens is 1. The van der Waals surface area contributed by atoms with E-state index in [9.17, 15) is 0 Å². The van der Waals surface area contributed by atoms with Gasteiger partial charge in [0, 0.05) is 27.1 Å². The maximum atomic E-state index is 5.03. The summed E-state index contributed by atoms with van der Waals surface area (Å²) in [4.78, 5) is 1.34. The third kappa shape index (κ3) is 3.02. The number of piperidine rings is 1. The first-order chi connectivity index (χ1) is 15.6. The average molecular weight is 466 g/mol. The van der Waals surface area contributed by atoms with Crippen LogP contribution in [0.3, 0.4) is 0 Å². The number of aromatic amines is 1. The highest BCUT2D eigenvalue weighted by molar-refractivity contribution is 7.97. The highest BCUT2D eigenvalue weighted by atomic mass is 32.2. The Morgan fingerprint density at radius 2 is 1.48 bits per heavy atom. The average Bonchev–Trinajstić information content (AvgIpc) is 3.23. The molecule has 180 valence electrons. The van der Waals surface area contributed by atoms with E-state index in [2.05, 4.69) is 88.2 Å². The van der Waals surface area contributed by atoms with Crippen molar-refractivity contribution in [2.75, 3.05) is 0 Å². The van der Waals surface area contributed by atoms with Gasteiger partial charge in [-0.1, -0.05) is 78.0 Å². The lowest BCUT2D eigenvalue weighted by Crippen LogP contribution is -2.78. The van der Waals surface area contributed by atoms with Crippen LogP contribution in [0.5, 0.6) is 0 Å². The molecule has 1 aromatic carbocycles. The Kier molecular flexibility index (Phi) is 5.61. The molecule has 2 fully saturated rings. The van der Waals surface area contributed by atoms with E-state index in [0.717, 1.165) is 0 Å². The van der Waals surface area contributed by atoms with Gasteiger partial charge < -0.3 is 0 Å². The first-order valence-corrected chi connectivity index (χ1v) is 13.9. The van der Waals surface area contributed by atoms with Gasteiger partial charge in [-0.25, -0.2) is 4.31 Å². The highest BCUT2D eigenvalue weighted by Gasteiger charge is 2.73. The minimum Gasteiger partial charge on any atom is -0.282 e. The smallest absolute Gasteiger partial charge is 0.0751 e. The van der Waals surface area contributed by atoms with Crippen LogP contribution in [-0.2, 0) is 11.0 Å². The van der Waals surface area contributed by atoms with Crippen molar-refractivity contribution >= 4 is 11.9 Å². The molecule has 2 aliphatic heterocycles. The van der Waals surface area contributed by atoms with Gasteiger partial charge in [0.2, 0.25) is 0 Å². The lowest BCUT2D eigenvalue weighted by atomic mass is 9.42. The van der Waals surface area contributed by atoms with Crippen LogP contribution in [0.25, 0.3) is 0 Å². The van der Waals surface area contributed by atoms with Gasteiger partial charge >= 0.3 is 0 Å². The van der Waals surface area contributed by atoms with E-state index in [-0.39, 0.29) is 21.9 Å². The lowest BCUT2D eigenvalue weighted by molar-refractivity contribution is -0.185. The minimum absolute atomic E-state index is 0.0538. The monoisotopic (exact) mass is 465 g/mol. The SMILES string of the molecule is Cc1[nH]nc2c1C1(C)C3CCCCCCCC3C(C)(C)C(C)(N1Sc1ccccc1)C2(C)C. The second kappa shape index (κ2) is 7.88. The zero-order valence-electron chi connectivity index (χ0n) is 21.8. The van der Waals surface area contributed by atoms with E-state index in [1.165, 1.54) is 66.8 Å². The van der Waals surface area contributed by atoms with Crippen LogP contribution in [0, 0.1) is 24.2 Å². The summed E-state index contributed by atoms with van der Waals surface area (Å²) in [5.74, 6) is 1.33. The standard InChI is InChI=1S/C29H43N3S/c1-20-24-25(31-30-20)27(4,5)29(7)26(2,3)22-18-14-9-8-10-15-19-23(22)28(24,6)32(29)33-21-16-12-11-13-17-21/h11-13,16-17,22-23H,8-10,14-15,18-19H2,1-7H3,(H,30,31). The summed E-state index contributed by atoms with van der Waals surface area (Å²) in [6, 6.07) is 11.1. The number of hydrogen-bond acceptors (Lipinski definition) is 3. The number of nitrogens with one attached hydrogen (secondary N) is 1. The van der Waals surface area contributed by atoms with Crippen molar-refractivity contribution in [3.8, 4) is 0 Å². The number of hydrogen-bond donors (Lipinski definition) is 1. The summed E-state index contributed by atoms with van der Waals surface area (Å²) in [7, 11) is 0. The predicted octanol–water partition coefficient (Wildman–Crippen LogP) is 8.01. The predicted molar refractivity (Wildman–Crippen MR) is 139 cm³/mol. The van der Waals surface area contributed by atoms with Crippen molar-refractivity contribution in [2.45, 2.75) is 115 Å². The Balaban J connectivity index is 1.80. The molecule has 33 heavy (non-hydrogen) atoms. The fourth-order valence-corrected chi connectivity index (χ4v) is 9.84. The number of nitrogens with zero attached hydrogens (tertiary/aromatic N) is 2. The quantitative estimate of drug-likeness (QED) is 0.456. The number of aromatic nitrogens is 2. The molecule has 0 amide bonds. The van der Waals surface area contributed by atoms with Gasteiger partial charge in [0.25, 0.3) is 0 Å². The van der Waals surface area contributed by atoms with Crippen molar-refractivity contribution in [2.24, 2.45) is 17.3 Å². The summed E-state index contributed by atoms with van der Waals surface area (Å²) >= 11 is 2.00. The second-order valence-electron chi connectivity index (χ2n) is 12.4. The molecule has 2 bridgehead atoms. The van der Waals surface area contributed by atoms with E-state index in [0.29, 0.717) is 11.8 Å². The third-order valence-corrected chi connectivity index (χ3v) is 11.9. The van der Waals surface area contributed by atoms with Crippen molar-refractivity contribution < 1.29 is 0 Å². The first kappa shape index (κ1) is 23.5. The van der Waals surface area contributed by atoms with Crippen LogP contribution in [0.4, 0.5) is 0 Å². The zero-order chi connectivity index (χ0) is 23.6. The summed E-state index contributed by atoms with van der Waals surface area (Å²) in [6.07, 6.45) is 9.58. The number of rotatable bonds is 2. The summed E-state index contributed by atoms with van der Waals surface area (Å²) < 4.78 is 2.87. The molecule has 4 heteroatoms. The summed E-state index contributed by atoms with van der Waals surface area (Å²) in [5, 5.41) is 8.48. The molecule has 0 spiro atoms. The Morgan fingerprint density at radius 3 is 2.15 bits per heavy atom. The number of aryl methyl sites for hydroxylation is 1. The Labute approximate surface area is 205 Å². The van der Waals surface area contributed by atoms with Gasteiger partial charge in [0.05, 0.1) is 11.2 Å². The Bertz CT molecular complexity index is 1010. The van der Waals surface area contributed by atoms with E-state index < -0.39 is 0 Å². The zero-order valence-corrected chi connectivity index (χ0v) is 22.6. The van der Waals surface area contributed by atoms with E-state index in [1.54, 1.807) is 0 Å². The molecule has 1 N–H and O–H groups in total. The molecule has 3 nitrogen and oxygen atoms in total. The van der Waals surface area contributed by atoms with E-state index in [1.807, 2.05) is 11.9 Å². The van der Waals surface area contributed by atoms with E-state index >= 15 is 0 Å². The molecule has 0 radical (unpaired) electrons. The molecule has 1 saturated carbocycles. The molecule has 1 saturated heterocycles. The fourth-order valence-electron chi connectivity index (χ4n) is 8.29. The lowest BCUT2D eigenvalue weighted by Gasteiger charge is -2.74. The largest absolute Gasteiger partial charge is 0.282 e. The minimum atomic E-state index is -0.0821. The van der Waals surface area contributed by atoms with Crippen molar-refractivity contribution in [1.29, 1.82) is 0 Å². The Morgan fingerprint density at radius 1 is 0.879 bits per heavy atom. The van der Waals surface area contributed by atoms with Gasteiger partial charge in [-0.15, -0.1) is 0 Å². The number of fused-ring (bicyclic) bond motifs is 6. The van der Waals surface area contributed by atoms with Gasteiger partial charge in [-0.05, 0) is 74.9 Å². The van der Waals surface area contributed by atoms with Crippen LogP contribution < -0.4 is 0 Å². The second-order valence-corrected chi connectivity index (χ2v) is 13.4. The highest BCUT2D eigenvalue weighted by Crippen LogP contribution is 2.71. The van der Waals surface area contributed by atoms with Crippen LogP contribution in [0.2, 0.25) is 0 Å². The van der Waals surface area contributed by atoms with Crippen molar-refractivity contribution in [3.05, 3.63) is 47.3 Å². The van der Waals surface area contributed by atoms with Crippen LogP contribution in [-0.4, -0.2) is 20.0 Å². The third-order valence-electron chi connectivity index (χ3n) is 10.4. The maximum Gasteiger partial charge on any atom is 0.0751 e. The molecule has 5 rings (SSSR count). The molecule has 3 aliphatic rings. The molecule has 1 aromatic heterocycles. The molecule has 3 heterocycles. The summed E-state index contributed by atoms with van der Waals surface area (Å²) in [6.45, 7) is 17.5. The van der Waals surface area contributed by atoms with Gasteiger partial charge in [-0.2, -0.15) is 5.10 Å². The van der Waals surface area contributed by atoms with Gasteiger partial charge in [0.1, 0.15) is 0 Å². The van der Waals surface area contributed by atoms with Gasteiger partial charge in [0.15, 0.2) is 0 Å². The molecule has 1 aliphatic carbocycles. The molecular weight excluding hydrogens is 422 g/mol. The Hall–Kier alpha value is -1.26. The first-order valence-electron chi connectivity index (χ1n) is 13.2. The van der Waals surface area contributed by atoms with E-state index in [4.69, 9.17) is 5.10 Å². The molecule has 4 atom stereocenters. The maximum absolute atomic E-state index is 5.03. The molecule has 4 unspecified atom stereocenters. The van der Waals surface area contributed by atoms with Gasteiger partial charge in [-0.3, -0.25) is 5.10 Å². The van der Waals surface area contributed by atoms with Crippen molar-refractivity contribution in [1.82, 2.24) is 14.5 Å². The van der Waals surface area contributed by atoms with Crippen LogP contribution in [0.1, 0.15) is 103 Å². The van der Waals surface area contributed by atoms with Crippen LogP contribution >= 0.6 is 11.9 Å². The fraction of sp³-hybridized carbons (Fsp3) is 0.690. The topological polar surface area (TPSA) is 31.9 Å². The summed E-state index contributed by atoms with van der Waals surface area (Å²) in [5.41, 5.74) is 4.01.